The number of hydrogen-bond donors (Lipinski definition) is 0. The van der Waals surface area contributed by atoms with E-state index in [2.05, 4.69) is 59.4 Å². The SMILES string of the molecule is Cc1cc(C)n(CCCCCCCCn2nc(C)cc2C)n1. The molecule has 2 heterocycles. The van der Waals surface area contributed by atoms with Crippen LogP contribution in [0.1, 0.15) is 61.3 Å². The summed E-state index contributed by atoms with van der Waals surface area (Å²) in [7, 11) is 0. The Morgan fingerprint density at radius 3 is 1.32 bits per heavy atom. The van der Waals surface area contributed by atoms with E-state index in [0.29, 0.717) is 0 Å². The molecule has 0 unspecified atom stereocenters. The molecular formula is C18H30N4. The summed E-state index contributed by atoms with van der Waals surface area (Å²) >= 11 is 0. The highest BCUT2D eigenvalue weighted by atomic mass is 15.3. The Morgan fingerprint density at radius 2 is 1.00 bits per heavy atom. The molecule has 4 heteroatoms. The minimum atomic E-state index is 1.06. The first-order valence-corrected chi connectivity index (χ1v) is 8.58. The maximum atomic E-state index is 4.51. The van der Waals surface area contributed by atoms with Gasteiger partial charge in [0.25, 0.3) is 0 Å². The van der Waals surface area contributed by atoms with Gasteiger partial charge in [-0.15, -0.1) is 0 Å². The molecule has 0 N–H and O–H groups in total. The summed E-state index contributed by atoms with van der Waals surface area (Å²) in [6, 6.07) is 4.30. The molecule has 0 saturated carbocycles. The van der Waals surface area contributed by atoms with Crippen molar-refractivity contribution in [3.63, 3.8) is 0 Å². The lowest BCUT2D eigenvalue weighted by Gasteiger charge is -2.06. The molecule has 0 aromatic carbocycles. The standard InChI is InChI=1S/C18H30N4/c1-15-13-17(3)21(19-15)11-9-7-5-6-8-10-12-22-18(4)14-16(2)20-22/h13-14H,5-12H2,1-4H3. The minimum Gasteiger partial charge on any atom is -0.270 e. The number of hydrogen-bond acceptors (Lipinski definition) is 2. The highest BCUT2D eigenvalue weighted by molar-refractivity contribution is 5.06. The summed E-state index contributed by atoms with van der Waals surface area (Å²) in [6.45, 7) is 10.5. The van der Waals surface area contributed by atoms with E-state index in [4.69, 9.17) is 0 Å². The Balaban J connectivity index is 1.51. The van der Waals surface area contributed by atoms with Crippen molar-refractivity contribution in [2.24, 2.45) is 0 Å². The zero-order valence-corrected chi connectivity index (χ0v) is 14.6. The smallest absolute Gasteiger partial charge is 0.0596 e. The van der Waals surface area contributed by atoms with Crippen LogP contribution in [0.4, 0.5) is 0 Å². The minimum absolute atomic E-state index is 1.06. The summed E-state index contributed by atoms with van der Waals surface area (Å²) in [6.07, 6.45) is 7.74. The van der Waals surface area contributed by atoms with Gasteiger partial charge in [-0.1, -0.05) is 25.7 Å². The summed E-state index contributed by atoms with van der Waals surface area (Å²) in [5.74, 6) is 0. The molecule has 0 amide bonds. The van der Waals surface area contributed by atoms with E-state index in [9.17, 15) is 0 Å². The number of unbranched alkanes of at least 4 members (excludes halogenated alkanes) is 5. The van der Waals surface area contributed by atoms with Crippen LogP contribution >= 0.6 is 0 Å². The highest BCUT2D eigenvalue weighted by Crippen LogP contribution is 2.10. The van der Waals surface area contributed by atoms with Crippen LogP contribution in [0, 0.1) is 27.7 Å². The predicted octanol–water partition coefficient (Wildman–Crippen LogP) is 4.35. The molecule has 2 rings (SSSR count). The fourth-order valence-electron chi connectivity index (χ4n) is 3.03. The third-order valence-corrected chi connectivity index (χ3v) is 4.20. The van der Waals surface area contributed by atoms with Gasteiger partial charge in [0, 0.05) is 24.5 Å². The van der Waals surface area contributed by atoms with Crippen molar-refractivity contribution >= 4 is 0 Å². The van der Waals surface area contributed by atoms with Crippen LogP contribution in [0.5, 0.6) is 0 Å². The molecule has 0 atom stereocenters. The number of aromatic nitrogens is 4. The van der Waals surface area contributed by atoms with Crippen molar-refractivity contribution in [2.75, 3.05) is 0 Å². The van der Waals surface area contributed by atoms with Crippen molar-refractivity contribution in [2.45, 2.75) is 79.3 Å². The van der Waals surface area contributed by atoms with Gasteiger partial charge in [0.15, 0.2) is 0 Å². The van der Waals surface area contributed by atoms with Gasteiger partial charge in [0.1, 0.15) is 0 Å². The topological polar surface area (TPSA) is 35.6 Å². The van der Waals surface area contributed by atoms with Crippen LogP contribution in [0.2, 0.25) is 0 Å². The van der Waals surface area contributed by atoms with Gasteiger partial charge in [-0.2, -0.15) is 10.2 Å². The van der Waals surface area contributed by atoms with Gasteiger partial charge in [0.2, 0.25) is 0 Å². The van der Waals surface area contributed by atoms with Gasteiger partial charge >= 0.3 is 0 Å². The van der Waals surface area contributed by atoms with E-state index < -0.39 is 0 Å². The first-order chi connectivity index (χ1) is 10.6. The molecule has 2 aromatic heterocycles. The lowest BCUT2D eigenvalue weighted by molar-refractivity contribution is 0.494. The van der Waals surface area contributed by atoms with Crippen molar-refractivity contribution in [1.29, 1.82) is 0 Å². The zero-order valence-electron chi connectivity index (χ0n) is 14.6. The van der Waals surface area contributed by atoms with Crippen LogP contribution in [0.25, 0.3) is 0 Å². The fourth-order valence-corrected chi connectivity index (χ4v) is 3.03. The predicted molar refractivity (Wildman–Crippen MR) is 91.1 cm³/mol. The summed E-state index contributed by atoms with van der Waals surface area (Å²) in [4.78, 5) is 0. The third-order valence-electron chi connectivity index (χ3n) is 4.20. The van der Waals surface area contributed by atoms with E-state index in [1.807, 2.05) is 0 Å². The van der Waals surface area contributed by atoms with Crippen molar-refractivity contribution in [1.82, 2.24) is 19.6 Å². The van der Waals surface area contributed by atoms with E-state index in [0.717, 1.165) is 24.5 Å². The second-order valence-corrected chi connectivity index (χ2v) is 6.42. The Hall–Kier alpha value is -1.58. The molecule has 22 heavy (non-hydrogen) atoms. The average Bonchev–Trinajstić information content (AvgIpc) is 2.94. The zero-order chi connectivity index (χ0) is 15.9. The van der Waals surface area contributed by atoms with E-state index >= 15 is 0 Å². The summed E-state index contributed by atoms with van der Waals surface area (Å²) in [5, 5.41) is 9.02. The number of nitrogens with zero attached hydrogens (tertiary/aromatic N) is 4. The molecule has 122 valence electrons. The molecule has 0 aliphatic rings. The van der Waals surface area contributed by atoms with Crippen molar-refractivity contribution < 1.29 is 0 Å². The summed E-state index contributed by atoms with van der Waals surface area (Å²) < 4.78 is 4.27. The Bertz CT molecular complexity index is 528. The molecular weight excluding hydrogens is 272 g/mol. The molecule has 2 aromatic rings. The molecule has 0 aliphatic carbocycles. The number of aryl methyl sites for hydroxylation is 6. The Kier molecular flexibility index (Phi) is 6.22. The third kappa shape index (κ3) is 5.00. The van der Waals surface area contributed by atoms with Crippen LogP contribution in [0.15, 0.2) is 12.1 Å². The van der Waals surface area contributed by atoms with E-state index in [-0.39, 0.29) is 0 Å². The molecule has 0 spiro atoms. The number of rotatable bonds is 9. The second kappa shape index (κ2) is 8.16. The van der Waals surface area contributed by atoms with Gasteiger partial charge in [-0.3, -0.25) is 9.36 Å². The normalized spacial score (nSPS) is 11.3. The van der Waals surface area contributed by atoms with E-state index in [1.54, 1.807) is 0 Å². The molecule has 0 bridgehead atoms. The maximum Gasteiger partial charge on any atom is 0.0596 e. The lowest BCUT2D eigenvalue weighted by atomic mass is 10.1. The van der Waals surface area contributed by atoms with Crippen molar-refractivity contribution in [3.8, 4) is 0 Å². The van der Waals surface area contributed by atoms with Crippen LogP contribution in [-0.4, -0.2) is 19.6 Å². The van der Waals surface area contributed by atoms with Crippen molar-refractivity contribution in [3.05, 3.63) is 34.9 Å². The quantitative estimate of drug-likeness (QED) is 0.645. The fraction of sp³-hybridized carbons (Fsp3) is 0.667. The average molecular weight is 302 g/mol. The Morgan fingerprint density at radius 1 is 0.636 bits per heavy atom. The molecule has 4 nitrogen and oxygen atoms in total. The monoisotopic (exact) mass is 302 g/mol. The van der Waals surface area contributed by atoms with E-state index in [1.165, 1.54) is 49.9 Å². The van der Waals surface area contributed by atoms with Gasteiger partial charge in [0.05, 0.1) is 11.4 Å². The lowest BCUT2D eigenvalue weighted by Crippen LogP contribution is -2.03. The summed E-state index contributed by atoms with van der Waals surface area (Å²) in [5.41, 5.74) is 4.81. The van der Waals surface area contributed by atoms with Crippen LogP contribution in [-0.2, 0) is 13.1 Å². The van der Waals surface area contributed by atoms with Gasteiger partial charge in [-0.25, -0.2) is 0 Å². The molecule has 0 radical (unpaired) electrons. The Labute approximate surface area is 134 Å². The van der Waals surface area contributed by atoms with Crippen LogP contribution < -0.4 is 0 Å². The second-order valence-electron chi connectivity index (χ2n) is 6.42. The van der Waals surface area contributed by atoms with Crippen LogP contribution in [0.3, 0.4) is 0 Å². The van der Waals surface area contributed by atoms with Gasteiger partial charge < -0.3 is 0 Å². The van der Waals surface area contributed by atoms with Gasteiger partial charge in [-0.05, 0) is 52.7 Å². The largest absolute Gasteiger partial charge is 0.270 e. The maximum absolute atomic E-state index is 4.51. The molecule has 0 aliphatic heterocycles. The first-order valence-electron chi connectivity index (χ1n) is 8.58. The highest BCUT2D eigenvalue weighted by Gasteiger charge is 2.01. The molecule has 0 fully saturated rings. The first kappa shape index (κ1) is 16.8. The molecule has 0 saturated heterocycles.